The Balaban J connectivity index is 1.68. The maximum atomic E-state index is 12.7. The lowest BCUT2D eigenvalue weighted by Crippen LogP contribution is -2.25. The van der Waals surface area contributed by atoms with E-state index in [4.69, 9.17) is 0 Å². The molecule has 2 bridgehead atoms. The second-order valence-corrected chi connectivity index (χ2v) is 4.93. The van der Waals surface area contributed by atoms with Gasteiger partial charge in [0.25, 0.3) is 0 Å². The van der Waals surface area contributed by atoms with Crippen molar-refractivity contribution in [1.29, 1.82) is 0 Å². The van der Waals surface area contributed by atoms with Crippen molar-refractivity contribution in [2.24, 2.45) is 11.8 Å². The number of rotatable bonds is 2. The van der Waals surface area contributed by atoms with Crippen molar-refractivity contribution in [2.45, 2.75) is 31.7 Å². The van der Waals surface area contributed by atoms with Crippen LogP contribution in [-0.4, -0.2) is 6.04 Å². The van der Waals surface area contributed by atoms with Crippen LogP contribution in [0.3, 0.4) is 0 Å². The molecular formula is C13H16FN. The third-order valence-corrected chi connectivity index (χ3v) is 3.93. The fraction of sp³-hybridized carbons (Fsp3) is 0.538. The van der Waals surface area contributed by atoms with E-state index < -0.39 is 0 Å². The van der Waals surface area contributed by atoms with Crippen LogP contribution in [0.2, 0.25) is 0 Å². The predicted molar refractivity (Wildman–Crippen MR) is 59.3 cm³/mol. The Hall–Kier alpha value is -1.05. The molecule has 0 spiro atoms. The van der Waals surface area contributed by atoms with Gasteiger partial charge in [0.05, 0.1) is 0 Å². The minimum atomic E-state index is -0.159. The minimum absolute atomic E-state index is 0.159. The van der Waals surface area contributed by atoms with Gasteiger partial charge in [-0.1, -0.05) is 6.42 Å². The summed E-state index contributed by atoms with van der Waals surface area (Å²) < 4.78 is 12.7. The Kier molecular flexibility index (Phi) is 2.15. The number of benzene rings is 1. The van der Waals surface area contributed by atoms with Gasteiger partial charge in [-0.2, -0.15) is 0 Å². The van der Waals surface area contributed by atoms with Crippen LogP contribution in [0, 0.1) is 17.7 Å². The molecule has 1 aromatic carbocycles. The molecule has 0 heterocycles. The van der Waals surface area contributed by atoms with Crippen LogP contribution >= 0.6 is 0 Å². The summed E-state index contributed by atoms with van der Waals surface area (Å²) in [5.41, 5.74) is 1.06. The summed E-state index contributed by atoms with van der Waals surface area (Å²) in [6.45, 7) is 0. The van der Waals surface area contributed by atoms with E-state index >= 15 is 0 Å². The Morgan fingerprint density at radius 3 is 2.47 bits per heavy atom. The number of nitrogens with one attached hydrogen (secondary N) is 1. The monoisotopic (exact) mass is 205 g/mol. The highest BCUT2D eigenvalue weighted by Gasteiger charge is 2.39. The summed E-state index contributed by atoms with van der Waals surface area (Å²) in [6.07, 6.45) is 5.51. The highest BCUT2D eigenvalue weighted by atomic mass is 19.1. The van der Waals surface area contributed by atoms with Crippen molar-refractivity contribution in [3.63, 3.8) is 0 Å². The highest BCUT2D eigenvalue weighted by Crippen LogP contribution is 2.45. The van der Waals surface area contributed by atoms with Gasteiger partial charge in [-0.3, -0.25) is 0 Å². The van der Waals surface area contributed by atoms with Crippen LogP contribution in [0.1, 0.15) is 25.7 Å². The lowest BCUT2D eigenvalue weighted by molar-refractivity contribution is 0.440. The second-order valence-electron chi connectivity index (χ2n) is 4.93. The summed E-state index contributed by atoms with van der Waals surface area (Å²) >= 11 is 0. The average molecular weight is 205 g/mol. The third kappa shape index (κ3) is 1.73. The smallest absolute Gasteiger partial charge is 0.123 e. The molecule has 0 radical (unpaired) electrons. The van der Waals surface area contributed by atoms with Crippen LogP contribution in [-0.2, 0) is 0 Å². The Labute approximate surface area is 89.7 Å². The van der Waals surface area contributed by atoms with Crippen LogP contribution < -0.4 is 5.32 Å². The van der Waals surface area contributed by atoms with Crippen molar-refractivity contribution >= 4 is 5.69 Å². The van der Waals surface area contributed by atoms with Crippen molar-refractivity contribution in [3.8, 4) is 0 Å². The molecule has 15 heavy (non-hydrogen) atoms. The maximum absolute atomic E-state index is 12.7. The van der Waals surface area contributed by atoms with Gasteiger partial charge in [0.2, 0.25) is 0 Å². The Morgan fingerprint density at radius 1 is 1.07 bits per heavy atom. The number of anilines is 1. The summed E-state index contributed by atoms with van der Waals surface area (Å²) in [4.78, 5) is 0. The first kappa shape index (κ1) is 9.20. The average Bonchev–Trinajstić information content (AvgIpc) is 2.83. The summed E-state index contributed by atoms with van der Waals surface area (Å²) in [5.74, 6) is 1.65. The number of hydrogen-bond donors (Lipinski definition) is 1. The van der Waals surface area contributed by atoms with Crippen molar-refractivity contribution in [3.05, 3.63) is 30.1 Å². The van der Waals surface area contributed by atoms with Crippen LogP contribution in [0.4, 0.5) is 10.1 Å². The third-order valence-electron chi connectivity index (χ3n) is 3.93. The molecule has 3 rings (SSSR count). The Bertz CT molecular complexity index is 346. The van der Waals surface area contributed by atoms with E-state index in [0.717, 1.165) is 17.5 Å². The van der Waals surface area contributed by atoms with Gasteiger partial charge < -0.3 is 5.32 Å². The van der Waals surface area contributed by atoms with Crippen molar-refractivity contribution < 1.29 is 4.39 Å². The molecule has 1 nitrogen and oxygen atoms in total. The highest BCUT2D eigenvalue weighted by molar-refractivity contribution is 5.44. The van der Waals surface area contributed by atoms with E-state index in [9.17, 15) is 4.39 Å². The largest absolute Gasteiger partial charge is 0.382 e. The molecule has 3 atom stereocenters. The molecule has 0 amide bonds. The molecular weight excluding hydrogens is 189 g/mol. The Morgan fingerprint density at radius 2 is 1.87 bits per heavy atom. The van der Waals surface area contributed by atoms with E-state index in [0.29, 0.717) is 6.04 Å². The zero-order chi connectivity index (χ0) is 10.3. The van der Waals surface area contributed by atoms with Crippen LogP contribution in [0.5, 0.6) is 0 Å². The molecule has 3 unspecified atom stereocenters. The molecule has 2 saturated carbocycles. The summed E-state index contributed by atoms with van der Waals surface area (Å²) in [5, 5.41) is 3.53. The van der Waals surface area contributed by atoms with Gasteiger partial charge in [-0.25, -0.2) is 4.39 Å². The molecule has 2 aliphatic carbocycles. The molecule has 2 fully saturated rings. The van der Waals surface area contributed by atoms with Gasteiger partial charge in [0.1, 0.15) is 5.82 Å². The van der Waals surface area contributed by atoms with Gasteiger partial charge in [0.15, 0.2) is 0 Å². The van der Waals surface area contributed by atoms with E-state index in [-0.39, 0.29) is 5.82 Å². The molecule has 1 aromatic rings. The molecule has 1 N–H and O–H groups in total. The first-order valence-electron chi connectivity index (χ1n) is 5.83. The van der Waals surface area contributed by atoms with Gasteiger partial charge in [-0.05, 0) is 55.4 Å². The van der Waals surface area contributed by atoms with Gasteiger partial charge in [0, 0.05) is 11.7 Å². The minimum Gasteiger partial charge on any atom is -0.382 e. The zero-order valence-corrected chi connectivity index (χ0v) is 8.75. The standard InChI is InChI=1S/C13H16FN/c14-11-3-5-12(6-4-11)15-13-8-9-1-2-10(13)7-9/h3-6,9-10,13,15H,1-2,7-8H2. The SMILES string of the molecule is Fc1ccc(NC2CC3CCC2C3)cc1. The first-order valence-corrected chi connectivity index (χ1v) is 5.83. The normalized spacial score (nSPS) is 33.3. The van der Waals surface area contributed by atoms with Crippen molar-refractivity contribution in [1.82, 2.24) is 0 Å². The predicted octanol–water partition coefficient (Wildman–Crippen LogP) is 3.43. The molecule has 0 aromatic heterocycles. The summed E-state index contributed by atoms with van der Waals surface area (Å²) in [6, 6.07) is 7.35. The van der Waals surface area contributed by atoms with E-state index in [1.807, 2.05) is 12.1 Å². The van der Waals surface area contributed by atoms with E-state index in [1.54, 1.807) is 0 Å². The lowest BCUT2D eigenvalue weighted by atomic mass is 9.95. The molecule has 0 saturated heterocycles. The zero-order valence-electron chi connectivity index (χ0n) is 8.75. The maximum Gasteiger partial charge on any atom is 0.123 e. The number of fused-ring (bicyclic) bond motifs is 2. The first-order chi connectivity index (χ1) is 7.31. The van der Waals surface area contributed by atoms with E-state index in [1.165, 1.54) is 37.8 Å². The van der Waals surface area contributed by atoms with E-state index in [2.05, 4.69) is 5.32 Å². The van der Waals surface area contributed by atoms with Crippen LogP contribution in [0.15, 0.2) is 24.3 Å². The van der Waals surface area contributed by atoms with Gasteiger partial charge >= 0.3 is 0 Å². The molecule has 0 aliphatic heterocycles. The molecule has 2 heteroatoms. The van der Waals surface area contributed by atoms with Gasteiger partial charge in [-0.15, -0.1) is 0 Å². The number of halogens is 1. The lowest BCUT2D eigenvalue weighted by Gasteiger charge is -2.23. The van der Waals surface area contributed by atoms with Crippen molar-refractivity contribution in [2.75, 3.05) is 5.32 Å². The van der Waals surface area contributed by atoms with Crippen LogP contribution in [0.25, 0.3) is 0 Å². The topological polar surface area (TPSA) is 12.0 Å². The number of hydrogen-bond acceptors (Lipinski definition) is 1. The molecule has 80 valence electrons. The molecule has 2 aliphatic rings. The second kappa shape index (κ2) is 3.51. The summed E-state index contributed by atoms with van der Waals surface area (Å²) in [7, 11) is 0. The fourth-order valence-electron chi connectivity index (χ4n) is 3.18. The fourth-order valence-corrected chi connectivity index (χ4v) is 3.18. The quantitative estimate of drug-likeness (QED) is 0.780.